The lowest BCUT2D eigenvalue weighted by Crippen LogP contribution is -2.35. The lowest BCUT2D eigenvalue weighted by atomic mass is 10.2. The highest BCUT2D eigenvalue weighted by molar-refractivity contribution is 7.89. The van der Waals surface area contributed by atoms with Gasteiger partial charge in [-0.25, -0.2) is 13.1 Å². The minimum atomic E-state index is -3.49. The summed E-state index contributed by atoms with van der Waals surface area (Å²) in [6.07, 6.45) is 3.50. The lowest BCUT2D eigenvalue weighted by molar-refractivity contribution is 0.0936. The summed E-state index contributed by atoms with van der Waals surface area (Å²) in [5.41, 5.74) is 0.405. The van der Waals surface area contributed by atoms with E-state index in [1.165, 1.54) is 31.3 Å². The van der Waals surface area contributed by atoms with Crippen LogP contribution in [0, 0.1) is 0 Å². The standard InChI is InChI=1S/C14H18N4O3S/c1-11(10-18-9-3-8-16-18)17-14(19)12-4-6-13(7-5-12)22(20,21)15-2/h3-9,11,15H,10H2,1-2H3,(H,17,19). The molecule has 22 heavy (non-hydrogen) atoms. The van der Waals surface area contributed by atoms with E-state index in [9.17, 15) is 13.2 Å². The smallest absolute Gasteiger partial charge is 0.251 e. The Morgan fingerprint density at radius 3 is 2.55 bits per heavy atom. The molecule has 118 valence electrons. The maximum Gasteiger partial charge on any atom is 0.251 e. The van der Waals surface area contributed by atoms with Crippen molar-refractivity contribution in [2.75, 3.05) is 7.05 Å². The molecule has 2 rings (SSSR count). The first-order valence-corrected chi connectivity index (χ1v) is 8.22. The Hall–Kier alpha value is -2.19. The van der Waals surface area contributed by atoms with Crippen LogP contribution in [0.25, 0.3) is 0 Å². The number of amides is 1. The number of hydrogen-bond donors (Lipinski definition) is 2. The van der Waals surface area contributed by atoms with Crippen molar-refractivity contribution in [2.45, 2.75) is 24.4 Å². The number of benzene rings is 1. The van der Waals surface area contributed by atoms with Gasteiger partial charge in [-0.05, 0) is 44.3 Å². The van der Waals surface area contributed by atoms with Gasteiger partial charge in [0.05, 0.1) is 11.4 Å². The van der Waals surface area contributed by atoms with E-state index in [4.69, 9.17) is 0 Å². The first-order valence-electron chi connectivity index (χ1n) is 6.74. The average molecular weight is 322 g/mol. The Labute approximate surface area is 129 Å². The predicted octanol–water partition coefficient (Wildman–Crippen LogP) is 0.610. The van der Waals surface area contributed by atoms with E-state index < -0.39 is 10.0 Å². The van der Waals surface area contributed by atoms with Gasteiger partial charge in [-0.1, -0.05) is 0 Å². The van der Waals surface area contributed by atoms with Crippen molar-refractivity contribution in [1.82, 2.24) is 19.8 Å². The quantitative estimate of drug-likeness (QED) is 0.815. The van der Waals surface area contributed by atoms with Crippen LogP contribution in [0.5, 0.6) is 0 Å². The molecule has 0 bridgehead atoms. The van der Waals surface area contributed by atoms with Gasteiger partial charge in [0, 0.05) is 24.0 Å². The van der Waals surface area contributed by atoms with E-state index in [1.54, 1.807) is 10.9 Å². The normalized spacial score (nSPS) is 12.8. The summed E-state index contributed by atoms with van der Waals surface area (Å²) in [4.78, 5) is 12.2. The maximum absolute atomic E-state index is 12.1. The van der Waals surface area contributed by atoms with E-state index in [-0.39, 0.29) is 16.8 Å². The summed E-state index contributed by atoms with van der Waals surface area (Å²) in [7, 11) is -2.15. The zero-order valence-corrected chi connectivity index (χ0v) is 13.2. The molecular weight excluding hydrogens is 304 g/mol. The first-order chi connectivity index (χ1) is 10.4. The third-order valence-corrected chi connectivity index (χ3v) is 4.52. The molecule has 1 aromatic carbocycles. The Balaban J connectivity index is 2.01. The van der Waals surface area contributed by atoms with Gasteiger partial charge in [-0.3, -0.25) is 9.48 Å². The molecule has 1 aromatic heterocycles. The van der Waals surface area contributed by atoms with Crippen LogP contribution in [-0.4, -0.2) is 37.2 Å². The van der Waals surface area contributed by atoms with Crippen LogP contribution >= 0.6 is 0 Å². The predicted molar refractivity (Wildman–Crippen MR) is 81.8 cm³/mol. The number of aromatic nitrogens is 2. The molecule has 0 fully saturated rings. The van der Waals surface area contributed by atoms with Crippen LogP contribution in [0.1, 0.15) is 17.3 Å². The molecule has 7 nitrogen and oxygen atoms in total. The van der Waals surface area contributed by atoms with Gasteiger partial charge < -0.3 is 5.32 Å². The van der Waals surface area contributed by atoms with E-state index in [2.05, 4.69) is 15.1 Å². The van der Waals surface area contributed by atoms with Gasteiger partial charge in [0.2, 0.25) is 10.0 Å². The van der Waals surface area contributed by atoms with Gasteiger partial charge in [0.25, 0.3) is 5.91 Å². The molecule has 0 aliphatic heterocycles. The summed E-state index contributed by atoms with van der Waals surface area (Å²) in [5, 5.41) is 6.92. The molecule has 0 aliphatic carbocycles. The molecule has 0 saturated carbocycles. The van der Waals surface area contributed by atoms with Crippen LogP contribution in [0.2, 0.25) is 0 Å². The van der Waals surface area contributed by atoms with Crippen molar-refractivity contribution < 1.29 is 13.2 Å². The van der Waals surface area contributed by atoms with Crippen molar-refractivity contribution in [3.05, 3.63) is 48.3 Å². The number of rotatable bonds is 6. The Bertz CT molecular complexity index is 724. The number of carbonyl (C=O) groups is 1. The largest absolute Gasteiger partial charge is 0.348 e. The molecule has 0 aliphatic rings. The fourth-order valence-corrected chi connectivity index (χ4v) is 2.68. The molecule has 2 N–H and O–H groups in total. The van der Waals surface area contributed by atoms with E-state index >= 15 is 0 Å². The highest BCUT2D eigenvalue weighted by Gasteiger charge is 2.14. The van der Waals surface area contributed by atoms with Crippen molar-refractivity contribution >= 4 is 15.9 Å². The highest BCUT2D eigenvalue weighted by atomic mass is 32.2. The second-order valence-corrected chi connectivity index (χ2v) is 6.72. The van der Waals surface area contributed by atoms with Crippen LogP contribution in [0.15, 0.2) is 47.6 Å². The Morgan fingerprint density at radius 1 is 1.32 bits per heavy atom. The van der Waals surface area contributed by atoms with E-state index in [0.29, 0.717) is 12.1 Å². The molecule has 1 heterocycles. The van der Waals surface area contributed by atoms with Crippen LogP contribution in [-0.2, 0) is 16.6 Å². The minimum Gasteiger partial charge on any atom is -0.348 e. The number of nitrogens with one attached hydrogen (secondary N) is 2. The molecule has 8 heteroatoms. The number of carbonyl (C=O) groups excluding carboxylic acids is 1. The SMILES string of the molecule is CNS(=O)(=O)c1ccc(C(=O)NC(C)Cn2cccn2)cc1. The second-order valence-electron chi connectivity index (χ2n) is 4.83. The summed E-state index contributed by atoms with van der Waals surface area (Å²) in [6.45, 7) is 2.43. The number of hydrogen-bond acceptors (Lipinski definition) is 4. The second kappa shape index (κ2) is 6.71. The van der Waals surface area contributed by atoms with Gasteiger partial charge in [-0.2, -0.15) is 5.10 Å². The zero-order chi connectivity index (χ0) is 16.2. The zero-order valence-electron chi connectivity index (χ0n) is 12.4. The van der Waals surface area contributed by atoms with Crippen molar-refractivity contribution in [1.29, 1.82) is 0 Å². The summed E-state index contributed by atoms with van der Waals surface area (Å²) in [6, 6.07) is 7.49. The molecule has 2 aromatic rings. The van der Waals surface area contributed by atoms with Gasteiger partial charge in [0.15, 0.2) is 0 Å². The van der Waals surface area contributed by atoms with E-state index in [0.717, 1.165) is 0 Å². The molecule has 0 spiro atoms. The average Bonchev–Trinajstić information content (AvgIpc) is 3.00. The van der Waals surface area contributed by atoms with Gasteiger partial charge in [0.1, 0.15) is 0 Å². The lowest BCUT2D eigenvalue weighted by Gasteiger charge is -2.14. The number of nitrogens with zero attached hydrogens (tertiary/aromatic N) is 2. The van der Waals surface area contributed by atoms with Crippen LogP contribution in [0.4, 0.5) is 0 Å². The monoisotopic (exact) mass is 322 g/mol. The molecule has 1 atom stereocenters. The summed E-state index contributed by atoms with van der Waals surface area (Å²) >= 11 is 0. The fraction of sp³-hybridized carbons (Fsp3) is 0.286. The topological polar surface area (TPSA) is 93.1 Å². The van der Waals surface area contributed by atoms with Crippen LogP contribution in [0.3, 0.4) is 0 Å². The fourth-order valence-electron chi connectivity index (χ4n) is 1.95. The molecule has 0 radical (unpaired) electrons. The van der Waals surface area contributed by atoms with Crippen LogP contribution < -0.4 is 10.0 Å². The molecule has 1 unspecified atom stereocenters. The number of sulfonamides is 1. The third-order valence-electron chi connectivity index (χ3n) is 3.09. The summed E-state index contributed by atoms with van der Waals surface area (Å²) < 4.78 is 27.2. The molecule has 1 amide bonds. The first kappa shape index (κ1) is 16.2. The molecular formula is C14H18N4O3S. The van der Waals surface area contributed by atoms with Crippen molar-refractivity contribution in [3.63, 3.8) is 0 Å². The van der Waals surface area contributed by atoms with Gasteiger partial charge in [-0.15, -0.1) is 0 Å². The third kappa shape index (κ3) is 3.92. The van der Waals surface area contributed by atoms with Crippen molar-refractivity contribution in [3.8, 4) is 0 Å². The molecule has 0 saturated heterocycles. The Kier molecular flexibility index (Phi) is 4.94. The maximum atomic E-state index is 12.1. The minimum absolute atomic E-state index is 0.104. The Morgan fingerprint density at radius 2 is 2.00 bits per heavy atom. The van der Waals surface area contributed by atoms with E-state index in [1.807, 2.05) is 19.2 Å². The van der Waals surface area contributed by atoms with Crippen molar-refractivity contribution in [2.24, 2.45) is 0 Å². The highest BCUT2D eigenvalue weighted by Crippen LogP contribution is 2.10. The summed E-state index contributed by atoms with van der Waals surface area (Å²) in [5.74, 6) is -0.256. The van der Waals surface area contributed by atoms with Gasteiger partial charge >= 0.3 is 0 Å².